The number of amides is 3. The van der Waals surface area contributed by atoms with Crippen molar-refractivity contribution in [1.82, 2.24) is 0 Å². The van der Waals surface area contributed by atoms with Gasteiger partial charge in [-0.1, -0.05) is 50.1 Å². The van der Waals surface area contributed by atoms with E-state index in [-0.39, 0.29) is 50.2 Å². The Morgan fingerprint density at radius 1 is 0.939 bits per heavy atom. The van der Waals surface area contributed by atoms with Crippen LogP contribution in [0.1, 0.15) is 22.3 Å². The highest BCUT2D eigenvalue weighted by Crippen LogP contribution is 2.60. The van der Waals surface area contributed by atoms with Crippen LogP contribution in [0, 0.1) is 23.7 Å². The summed E-state index contributed by atoms with van der Waals surface area (Å²) in [7, 11) is 0. The SMILES string of the molecule is O=C(Nc1ccccc1C(F)(F)F)c1cccc(N2C(=O)[C@@H]3[C@H]4C[C@@H]([C@@H](Br)[C@H]4Br)[C@H]3C2=O)c1. The van der Waals surface area contributed by atoms with Crippen LogP contribution in [0.15, 0.2) is 48.5 Å². The van der Waals surface area contributed by atoms with Crippen LogP contribution < -0.4 is 10.2 Å². The molecule has 5 nitrogen and oxygen atoms in total. The number of nitrogens with zero attached hydrogens (tertiary/aromatic N) is 1. The van der Waals surface area contributed by atoms with Gasteiger partial charge < -0.3 is 5.32 Å². The van der Waals surface area contributed by atoms with E-state index in [9.17, 15) is 27.6 Å². The average molecular weight is 586 g/mol. The lowest BCUT2D eigenvalue weighted by molar-refractivity contribution is -0.137. The molecule has 0 aromatic heterocycles. The van der Waals surface area contributed by atoms with Gasteiger partial charge in [-0.2, -0.15) is 13.2 Å². The summed E-state index contributed by atoms with van der Waals surface area (Å²) in [5.74, 6) is -2.06. The van der Waals surface area contributed by atoms with E-state index < -0.39 is 29.5 Å². The summed E-state index contributed by atoms with van der Waals surface area (Å²) in [6.45, 7) is 0. The molecule has 1 heterocycles. The number of benzene rings is 2. The molecule has 3 amide bonds. The van der Waals surface area contributed by atoms with Crippen molar-refractivity contribution in [2.24, 2.45) is 23.7 Å². The molecule has 0 spiro atoms. The van der Waals surface area contributed by atoms with E-state index in [0.717, 1.165) is 17.4 Å². The first kappa shape index (κ1) is 22.6. The smallest absolute Gasteiger partial charge is 0.321 e. The lowest BCUT2D eigenvalue weighted by Gasteiger charge is -2.28. The molecule has 172 valence electrons. The van der Waals surface area contributed by atoms with Gasteiger partial charge in [0.25, 0.3) is 5.91 Å². The number of halogens is 5. The average Bonchev–Trinajstić information content (AvgIpc) is 3.38. The summed E-state index contributed by atoms with van der Waals surface area (Å²) in [5, 5.41) is 2.29. The summed E-state index contributed by atoms with van der Waals surface area (Å²) in [5.41, 5.74) is -1.04. The Bertz CT molecular complexity index is 1140. The number of carbonyl (C=O) groups is 3. The molecule has 5 rings (SSSR count). The molecule has 2 aliphatic carbocycles. The molecule has 1 N–H and O–H groups in total. The number of para-hydroxylation sites is 1. The van der Waals surface area contributed by atoms with Crippen molar-refractivity contribution >= 4 is 61.0 Å². The third kappa shape index (κ3) is 3.53. The van der Waals surface area contributed by atoms with Crippen molar-refractivity contribution < 1.29 is 27.6 Å². The lowest BCUT2D eigenvalue weighted by Crippen LogP contribution is -2.37. The molecule has 2 saturated carbocycles. The first-order valence-electron chi connectivity index (χ1n) is 10.3. The van der Waals surface area contributed by atoms with E-state index in [1.165, 1.54) is 36.4 Å². The first-order valence-corrected chi connectivity index (χ1v) is 12.2. The molecular formula is C23H17Br2F3N2O3. The third-order valence-electron chi connectivity index (χ3n) is 6.83. The number of hydrogen-bond donors (Lipinski definition) is 1. The van der Waals surface area contributed by atoms with Crippen LogP contribution in [0.5, 0.6) is 0 Å². The minimum absolute atomic E-state index is 0.0434. The van der Waals surface area contributed by atoms with Crippen molar-refractivity contribution in [3.8, 4) is 0 Å². The van der Waals surface area contributed by atoms with E-state index in [1.54, 1.807) is 6.07 Å². The number of rotatable bonds is 3. The van der Waals surface area contributed by atoms with E-state index in [2.05, 4.69) is 37.2 Å². The Balaban J connectivity index is 1.41. The van der Waals surface area contributed by atoms with Gasteiger partial charge in [0.2, 0.25) is 11.8 Å². The number of nitrogens with one attached hydrogen (secondary N) is 1. The van der Waals surface area contributed by atoms with Gasteiger partial charge in [-0.05, 0) is 48.6 Å². The summed E-state index contributed by atoms with van der Waals surface area (Å²) >= 11 is 7.28. The fourth-order valence-electron chi connectivity index (χ4n) is 5.42. The van der Waals surface area contributed by atoms with Crippen LogP contribution in [0.25, 0.3) is 0 Å². The van der Waals surface area contributed by atoms with Gasteiger partial charge in [0.15, 0.2) is 0 Å². The lowest BCUT2D eigenvalue weighted by atomic mass is 9.81. The highest BCUT2D eigenvalue weighted by Gasteiger charge is 2.66. The fourth-order valence-corrected chi connectivity index (χ4v) is 7.30. The maximum atomic E-state index is 13.3. The van der Waals surface area contributed by atoms with Gasteiger partial charge in [-0.25, -0.2) is 0 Å². The molecule has 1 aliphatic heterocycles. The molecule has 3 aliphatic rings. The van der Waals surface area contributed by atoms with Crippen molar-refractivity contribution in [2.45, 2.75) is 22.3 Å². The van der Waals surface area contributed by atoms with Crippen molar-refractivity contribution in [2.75, 3.05) is 10.2 Å². The summed E-state index contributed by atoms with van der Waals surface area (Å²) < 4.78 is 39.8. The number of hydrogen-bond acceptors (Lipinski definition) is 3. The quantitative estimate of drug-likeness (QED) is 0.396. The molecule has 3 fully saturated rings. The zero-order valence-corrected chi connectivity index (χ0v) is 20.0. The molecular weight excluding hydrogens is 569 g/mol. The number of alkyl halides is 5. The largest absolute Gasteiger partial charge is 0.418 e. The van der Waals surface area contributed by atoms with Gasteiger partial charge in [0, 0.05) is 15.2 Å². The van der Waals surface area contributed by atoms with Gasteiger partial charge in [0.05, 0.1) is 28.8 Å². The topological polar surface area (TPSA) is 66.5 Å². The predicted octanol–water partition coefficient (Wildman–Crippen LogP) is 5.24. The van der Waals surface area contributed by atoms with E-state index in [4.69, 9.17) is 0 Å². The van der Waals surface area contributed by atoms with Crippen LogP contribution >= 0.6 is 31.9 Å². The Labute approximate surface area is 204 Å². The molecule has 2 bridgehead atoms. The molecule has 0 unspecified atom stereocenters. The molecule has 2 aromatic carbocycles. The minimum Gasteiger partial charge on any atom is -0.321 e. The first-order chi connectivity index (χ1) is 15.6. The standard InChI is InChI=1S/C23H17Br2F3N2O3/c24-18-12-9-13(19(18)25)17-16(12)21(32)30(22(17)33)11-5-3-4-10(8-11)20(31)29-15-7-2-1-6-14(15)23(26,27)28/h1-8,12-13,16-19H,9H2,(H,29,31)/t12-,13-,16-,17-,18-,19+/m1/s1. The second-order valence-electron chi connectivity index (χ2n) is 8.56. The highest BCUT2D eigenvalue weighted by atomic mass is 79.9. The van der Waals surface area contributed by atoms with Crippen molar-refractivity contribution in [3.05, 3.63) is 59.7 Å². The minimum atomic E-state index is -4.63. The third-order valence-corrected chi connectivity index (χ3v) is 10.0. The monoisotopic (exact) mass is 584 g/mol. The normalized spacial score (nSPS) is 30.6. The molecule has 1 saturated heterocycles. The highest BCUT2D eigenvalue weighted by molar-refractivity contribution is 9.12. The van der Waals surface area contributed by atoms with Crippen LogP contribution in [0.2, 0.25) is 0 Å². The second-order valence-corrected chi connectivity index (χ2v) is 10.7. The van der Waals surface area contributed by atoms with Crippen molar-refractivity contribution in [3.63, 3.8) is 0 Å². The maximum Gasteiger partial charge on any atom is 0.418 e. The van der Waals surface area contributed by atoms with Crippen LogP contribution in [0.3, 0.4) is 0 Å². The number of fused-ring (bicyclic) bond motifs is 5. The molecule has 6 atom stereocenters. The fraction of sp³-hybridized carbons (Fsp3) is 0.348. The Morgan fingerprint density at radius 2 is 1.55 bits per heavy atom. The van der Waals surface area contributed by atoms with E-state index >= 15 is 0 Å². The summed E-state index contributed by atoms with van der Waals surface area (Å²) in [6, 6.07) is 10.5. The van der Waals surface area contributed by atoms with E-state index in [0.29, 0.717) is 0 Å². The Morgan fingerprint density at radius 3 is 2.15 bits per heavy atom. The Hall–Kier alpha value is -2.20. The van der Waals surface area contributed by atoms with Gasteiger partial charge in [0.1, 0.15) is 0 Å². The number of anilines is 2. The summed E-state index contributed by atoms with van der Waals surface area (Å²) in [4.78, 5) is 40.5. The van der Waals surface area contributed by atoms with E-state index in [1.807, 2.05) is 0 Å². The van der Waals surface area contributed by atoms with Crippen LogP contribution in [0.4, 0.5) is 24.5 Å². The number of carbonyl (C=O) groups excluding carboxylic acids is 3. The second kappa shape index (κ2) is 7.94. The molecule has 0 radical (unpaired) electrons. The van der Waals surface area contributed by atoms with Gasteiger partial charge >= 0.3 is 6.18 Å². The predicted molar refractivity (Wildman–Crippen MR) is 122 cm³/mol. The van der Waals surface area contributed by atoms with Crippen LogP contribution in [-0.2, 0) is 15.8 Å². The van der Waals surface area contributed by atoms with Crippen molar-refractivity contribution in [1.29, 1.82) is 0 Å². The molecule has 33 heavy (non-hydrogen) atoms. The van der Waals surface area contributed by atoms with Gasteiger partial charge in [-0.3, -0.25) is 19.3 Å². The Kier molecular flexibility index (Phi) is 5.43. The summed E-state index contributed by atoms with van der Waals surface area (Å²) in [6.07, 6.45) is -3.83. The zero-order chi connectivity index (χ0) is 23.7. The van der Waals surface area contributed by atoms with Crippen LogP contribution in [-0.4, -0.2) is 27.4 Å². The maximum absolute atomic E-state index is 13.3. The zero-order valence-electron chi connectivity index (χ0n) is 16.9. The molecule has 2 aromatic rings. The molecule has 10 heteroatoms. The number of imide groups is 1. The van der Waals surface area contributed by atoms with Gasteiger partial charge in [-0.15, -0.1) is 0 Å².